The standard InChI is InChI=1S/C11H9NO4S2/c13-11(12-8-4-2-1-3-5-8)10-9(6-7-17-10)18(14,15)16/h1-7H,(H,12,13)(H,14,15,16). The number of carbonyl (C=O) groups excluding carboxylic acids is 1. The van der Waals surface area contributed by atoms with Gasteiger partial charge in [0, 0.05) is 5.69 Å². The Morgan fingerprint density at radius 3 is 2.44 bits per heavy atom. The highest BCUT2D eigenvalue weighted by Gasteiger charge is 2.21. The molecular formula is C11H9NO4S2. The molecule has 2 N–H and O–H groups in total. The van der Waals surface area contributed by atoms with Crippen molar-refractivity contribution in [2.45, 2.75) is 4.90 Å². The number of hydrogen-bond acceptors (Lipinski definition) is 4. The fourth-order valence-corrected chi connectivity index (χ4v) is 3.17. The average molecular weight is 283 g/mol. The van der Waals surface area contributed by atoms with Crippen LogP contribution in [0.1, 0.15) is 9.67 Å². The van der Waals surface area contributed by atoms with Crippen molar-refractivity contribution in [1.82, 2.24) is 0 Å². The van der Waals surface area contributed by atoms with Crippen molar-refractivity contribution in [2.75, 3.05) is 5.32 Å². The van der Waals surface area contributed by atoms with Crippen LogP contribution in [0, 0.1) is 0 Å². The largest absolute Gasteiger partial charge is 0.321 e. The molecule has 1 aromatic carbocycles. The van der Waals surface area contributed by atoms with E-state index in [2.05, 4.69) is 5.32 Å². The summed E-state index contributed by atoms with van der Waals surface area (Å²) in [7, 11) is -4.38. The molecule has 18 heavy (non-hydrogen) atoms. The lowest BCUT2D eigenvalue weighted by Gasteiger charge is -2.04. The number of rotatable bonds is 3. The normalized spacial score (nSPS) is 11.2. The second kappa shape index (κ2) is 4.89. The summed E-state index contributed by atoms with van der Waals surface area (Å²) < 4.78 is 31.1. The van der Waals surface area contributed by atoms with E-state index in [1.807, 2.05) is 0 Å². The van der Waals surface area contributed by atoms with Crippen LogP contribution < -0.4 is 5.32 Å². The molecule has 0 spiro atoms. The molecule has 1 amide bonds. The van der Waals surface area contributed by atoms with E-state index in [0.717, 1.165) is 11.3 Å². The van der Waals surface area contributed by atoms with Crippen molar-refractivity contribution >= 4 is 33.0 Å². The first-order valence-electron chi connectivity index (χ1n) is 4.90. The topological polar surface area (TPSA) is 83.5 Å². The van der Waals surface area contributed by atoms with Crippen LogP contribution in [0.15, 0.2) is 46.7 Å². The third-order valence-electron chi connectivity index (χ3n) is 2.14. The highest BCUT2D eigenvalue weighted by Crippen LogP contribution is 2.22. The Kier molecular flexibility index (Phi) is 3.46. The van der Waals surface area contributed by atoms with Gasteiger partial charge < -0.3 is 5.32 Å². The molecule has 0 atom stereocenters. The molecule has 0 aliphatic heterocycles. The van der Waals surface area contributed by atoms with E-state index in [1.54, 1.807) is 30.3 Å². The van der Waals surface area contributed by atoms with E-state index in [4.69, 9.17) is 4.55 Å². The Morgan fingerprint density at radius 2 is 1.83 bits per heavy atom. The number of benzene rings is 1. The second-order valence-electron chi connectivity index (χ2n) is 3.41. The number of para-hydroxylation sites is 1. The molecular weight excluding hydrogens is 274 g/mol. The van der Waals surface area contributed by atoms with Crippen molar-refractivity contribution < 1.29 is 17.8 Å². The summed E-state index contributed by atoms with van der Waals surface area (Å²) in [6.45, 7) is 0. The molecule has 2 rings (SSSR count). The molecule has 94 valence electrons. The van der Waals surface area contributed by atoms with Crippen molar-refractivity contribution in [2.24, 2.45) is 0 Å². The summed E-state index contributed by atoms with van der Waals surface area (Å²) in [4.78, 5) is 11.5. The molecule has 7 heteroatoms. The van der Waals surface area contributed by atoms with Crippen LogP contribution in [0.5, 0.6) is 0 Å². The van der Waals surface area contributed by atoms with Gasteiger partial charge in [-0.05, 0) is 23.6 Å². The Balaban J connectivity index is 2.28. The molecule has 2 aromatic rings. The van der Waals surface area contributed by atoms with E-state index in [1.165, 1.54) is 11.4 Å². The Bertz CT molecular complexity index is 661. The van der Waals surface area contributed by atoms with Crippen LogP contribution in [0.3, 0.4) is 0 Å². The molecule has 0 radical (unpaired) electrons. The lowest BCUT2D eigenvalue weighted by molar-refractivity contribution is 0.102. The summed E-state index contributed by atoms with van der Waals surface area (Å²) >= 11 is 0.953. The third-order valence-corrected chi connectivity index (χ3v) is 4.08. The highest BCUT2D eigenvalue weighted by molar-refractivity contribution is 7.86. The maximum atomic E-state index is 11.9. The maximum Gasteiger partial charge on any atom is 0.296 e. The zero-order chi connectivity index (χ0) is 13.2. The van der Waals surface area contributed by atoms with Gasteiger partial charge in [0.1, 0.15) is 9.77 Å². The second-order valence-corrected chi connectivity index (χ2v) is 5.72. The number of amides is 1. The zero-order valence-electron chi connectivity index (χ0n) is 9.03. The van der Waals surface area contributed by atoms with Crippen molar-refractivity contribution in [3.8, 4) is 0 Å². The van der Waals surface area contributed by atoms with E-state index in [0.29, 0.717) is 5.69 Å². The molecule has 1 heterocycles. The van der Waals surface area contributed by atoms with E-state index in [-0.39, 0.29) is 9.77 Å². The number of thiophene rings is 1. The SMILES string of the molecule is O=C(Nc1ccccc1)c1sccc1S(=O)(=O)O. The van der Waals surface area contributed by atoms with Crippen molar-refractivity contribution in [3.05, 3.63) is 46.7 Å². The van der Waals surface area contributed by atoms with Gasteiger partial charge >= 0.3 is 0 Å². The van der Waals surface area contributed by atoms with Crippen LogP contribution in [-0.2, 0) is 10.1 Å². The molecule has 0 bridgehead atoms. The van der Waals surface area contributed by atoms with Gasteiger partial charge in [-0.1, -0.05) is 18.2 Å². The molecule has 5 nitrogen and oxygen atoms in total. The van der Waals surface area contributed by atoms with Crippen LogP contribution in [-0.4, -0.2) is 18.9 Å². The quantitative estimate of drug-likeness (QED) is 0.846. The number of carbonyl (C=O) groups is 1. The molecule has 0 saturated heterocycles. The molecule has 1 aromatic heterocycles. The maximum absolute atomic E-state index is 11.9. The minimum atomic E-state index is -4.38. The van der Waals surface area contributed by atoms with Gasteiger partial charge in [-0.15, -0.1) is 11.3 Å². The Hall–Kier alpha value is -1.70. The van der Waals surface area contributed by atoms with Crippen LogP contribution >= 0.6 is 11.3 Å². The molecule has 0 unspecified atom stereocenters. The van der Waals surface area contributed by atoms with E-state index in [9.17, 15) is 13.2 Å². The monoisotopic (exact) mass is 283 g/mol. The number of nitrogens with one attached hydrogen (secondary N) is 1. The summed E-state index contributed by atoms with van der Waals surface area (Å²) in [6, 6.07) is 9.84. The summed E-state index contributed by atoms with van der Waals surface area (Å²) in [5.41, 5.74) is 0.553. The predicted molar refractivity (Wildman–Crippen MR) is 68.5 cm³/mol. The van der Waals surface area contributed by atoms with E-state index < -0.39 is 16.0 Å². The van der Waals surface area contributed by atoms with Gasteiger partial charge in [0.15, 0.2) is 0 Å². The average Bonchev–Trinajstić information content (AvgIpc) is 2.79. The van der Waals surface area contributed by atoms with Gasteiger partial charge in [-0.2, -0.15) is 8.42 Å². The Morgan fingerprint density at radius 1 is 1.17 bits per heavy atom. The van der Waals surface area contributed by atoms with Crippen LogP contribution in [0.2, 0.25) is 0 Å². The van der Waals surface area contributed by atoms with Gasteiger partial charge in [0.25, 0.3) is 16.0 Å². The van der Waals surface area contributed by atoms with Gasteiger partial charge in [-0.3, -0.25) is 9.35 Å². The van der Waals surface area contributed by atoms with Crippen molar-refractivity contribution in [3.63, 3.8) is 0 Å². The molecule has 0 aliphatic rings. The highest BCUT2D eigenvalue weighted by atomic mass is 32.2. The van der Waals surface area contributed by atoms with Crippen LogP contribution in [0.4, 0.5) is 5.69 Å². The number of anilines is 1. The third kappa shape index (κ3) is 2.76. The number of hydrogen-bond donors (Lipinski definition) is 2. The summed E-state index contributed by atoms with van der Waals surface area (Å²) in [6.07, 6.45) is 0. The lowest BCUT2D eigenvalue weighted by atomic mass is 10.3. The summed E-state index contributed by atoms with van der Waals surface area (Å²) in [5, 5.41) is 3.99. The first kappa shape index (κ1) is 12.7. The molecule has 0 fully saturated rings. The van der Waals surface area contributed by atoms with Gasteiger partial charge in [0.2, 0.25) is 0 Å². The van der Waals surface area contributed by atoms with Crippen molar-refractivity contribution in [1.29, 1.82) is 0 Å². The first-order chi connectivity index (χ1) is 8.48. The molecule has 0 saturated carbocycles. The fraction of sp³-hybridized carbons (Fsp3) is 0. The smallest absolute Gasteiger partial charge is 0.296 e. The Labute approximate surface area is 108 Å². The lowest BCUT2D eigenvalue weighted by Crippen LogP contribution is -2.13. The van der Waals surface area contributed by atoms with Gasteiger partial charge in [-0.25, -0.2) is 0 Å². The minimum absolute atomic E-state index is 0.0404. The summed E-state index contributed by atoms with van der Waals surface area (Å²) in [5.74, 6) is -0.566. The zero-order valence-corrected chi connectivity index (χ0v) is 10.7. The minimum Gasteiger partial charge on any atom is -0.321 e. The fourth-order valence-electron chi connectivity index (χ4n) is 1.38. The predicted octanol–water partition coefficient (Wildman–Crippen LogP) is 2.25. The van der Waals surface area contributed by atoms with E-state index >= 15 is 0 Å². The first-order valence-corrected chi connectivity index (χ1v) is 7.22. The van der Waals surface area contributed by atoms with Gasteiger partial charge in [0.05, 0.1) is 0 Å². The van der Waals surface area contributed by atoms with Crippen LogP contribution in [0.25, 0.3) is 0 Å². The molecule has 0 aliphatic carbocycles.